The first-order chi connectivity index (χ1) is 7.66. The van der Waals surface area contributed by atoms with Gasteiger partial charge in [-0.15, -0.1) is 0 Å². The zero-order chi connectivity index (χ0) is 11.3. The fourth-order valence-electron chi connectivity index (χ4n) is 1.82. The molecule has 0 aliphatic carbocycles. The molecule has 1 aliphatic heterocycles. The zero-order valence-corrected chi connectivity index (χ0v) is 10.1. The molecule has 0 unspecified atom stereocenters. The van der Waals surface area contributed by atoms with Gasteiger partial charge in [0, 0.05) is 21.8 Å². The van der Waals surface area contributed by atoms with E-state index in [0.29, 0.717) is 11.3 Å². The number of aromatic nitrogens is 2. The summed E-state index contributed by atoms with van der Waals surface area (Å²) < 4.78 is 0.977. The van der Waals surface area contributed by atoms with Gasteiger partial charge in [0.05, 0.1) is 11.3 Å². The molecule has 0 saturated carbocycles. The summed E-state index contributed by atoms with van der Waals surface area (Å²) in [4.78, 5) is 18.8. The van der Waals surface area contributed by atoms with E-state index in [-0.39, 0.29) is 5.91 Å². The van der Waals surface area contributed by atoms with E-state index < -0.39 is 0 Å². The van der Waals surface area contributed by atoms with E-state index in [4.69, 9.17) is 0 Å². The van der Waals surface area contributed by atoms with Crippen molar-refractivity contribution in [1.82, 2.24) is 15.3 Å². The van der Waals surface area contributed by atoms with Gasteiger partial charge < -0.3 is 10.3 Å². The van der Waals surface area contributed by atoms with Crippen LogP contribution in [-0.4, -0.2) is 15.9 Å². The van der Waals surface area contributed by atoms with Crippen molar-refractivity contribution >= 4 is 38.4 Å². The lowest BCUT2D eigenvalue weighted by molar-refractivity contribution is -0.116. The highest BCUT2D eigenvalue weighted by Crippen LogP contribution is 2.27. The smallest absolute Gasteiger partial charge is 0.259 e. The molecule has 2 N–H and O–H groups in total. The molecule has 0 atom stereocenters. The average Bonchev–Trinajstić information content (AvgIpc) is 2.60. The van der Waals surface area contributed by atoms with Gasteiger partial charge >= 0.3 is 0 Å². The Morgan fingerprint density at radius 2 is 2.19 bits per heavy atom. The molecule has 2 aromatic heterocycles. The van der Waals surface area contributed by atoms with Crippen LogP contribution in [0.5, 0.6) is 0 Å². The second-order valence-corrected chi connectivity index (χ2v) is 4.54. The number of halogens is 1. The lowest BCUT2D eigenvalue weighted by atomic mass is 10.0. The Balaban J connectivity index is 2.20. The molecule has 0 spiro atoms. The molecule has 80 valence electrons. The lowest BCUT2D eigenvalue weighted by Gasteiger charge is -2.20. The SMILES string of the molecule is CC1=C(c2ccc3c(Br)c[nH]c3n2)C(=O)N1. The van der Waals surface area contributed by atoms with Gasteiger partial charge in [-0.3, -0.25) is 4.79 Å². The molecule has 0 bridgehead atoms. The lowest BCUT2D eigenvalue weighted by Crippen LogP contribution is -2.34. The van der Waals surface area contributed by atoms with Gasteiger partial charge in [0.25, 0.3) is 5.91 Å². The monoisotopic (exact) mass is 277 g/mol. The number of nitrogens with zero attached hydrogens (tertiary/aromatic N) is 1. The summed E-state index contributed by atoms with van der Waals surface area (Å²) >= 11 is 3.42. The van der Waals surface area contributed by atoms with E-state index in [1.807, 2.05) is 25.3 Å². The molecular weight excluding hydrogens is 270 g/mol. The van der Waals surface area contributed by atoms with Crippen molar-refractivity contribution in [3.05, 3.63) is 34.2 Å². The third kappa shape index (κ3) is 1.21. The maximum Gasteiger partial charge on any atom is 0.259 e. The van der Waals surface area contributed by atoms with Crippen molar-refractivity contribution in [3.63, 3.8) is 0 Å². The van der Waals surface area contributed by atoms with Crippen LogP contribution in [0.4, 0.5) is 0 Å². The maximum atomic E-state index is 11.4. The van der Waals surface area contributed by atoms with Gasteiger partial charge in [-0.05, 0) is 35.0 Å². The highest BCUT2D eigenvalue weighted by molar-refractivity contribution is 9.10. The number of pyridine rings is 1. The summed E-state index contributed by atoms with van der Waals surface area (Å²) in [5.74, 6) is -0.0602. The van der Waals surface area contributed by atoms with Gasteiger partial charge in [-0.25, -0.2) is 4.98 Å². The highest BCUT2D eigenvalue weighted by Gasteiger charge is 2.26. The maximum absolute atomic E-state index is 11.4. The van der Waals surface area contributed by atoms with Crippen LogP contribution < -0.4 is 5.32 Å². The van der Waals surface area contributed by atoms with Crippen LogP contribution >= 0.6 is 15.9 Å². The molecular formula is C11H8BrN3O. The number of H-pyrrole nitrogens is 1. The molecule has 1 amide bonds. The van der Waals surface area contributed by atoms with Crippen LogP contribution in [0.25, 0.3) is 16.6 Å². The summed E-state index contributed by atoms with van der Waals surface area (Å²) in [6.07, 6.45) is 1.84. The molecule has 2 aromatic rings. The normalized spacial score (nSPS) is 15.2. The number of rotatable bonds is 1. The number of aromatic amines is 1. The van der Waals surface area contributed by atoms with Gasteiger partial charge in [-0.2, -0.15) is 0 Å². The Labute approximate surface area is 99.9 Å². The fourth-order valence-corrected chi connectivity index (χ4v) is 2.26. The number of nitrogens with one attached hydrogen (secondary N) is 2. The minimum absolute atomic E-state index is 0.0602. The van der Waals surface area contributed by atoms with Gasteiger partial charge in [0.15, 0.2) is 0 Å². The summed E-state index contributed by atoms with van der Waals surface area (Å²) in [5.41, 5.74) is 3.04. The third-order valence-corrected chi connectivity index (χ3v) is 3.30. The van der Waals surface area contributed by atoms with E-state index in [2.05, 4.69) is 31.2 Å². The Morgan fingerprint density at radius 1 is 1.38 bits per heavy atom. The van der Waals surface area contributed by atoms with Crippen LogP contribution in [0.1, 0.15) is 12.6 Å². The van der Waals surface area contributed by atoms with Crippen molar-refractivity contribution in [2.75, 3.05) is 0 Å². The molecule has 0 saturated heterocycles. The van der Waals surface area contributed by atoms with Crippen LogP contribution in [0.15, 0.2) is 28.5 Å². The molecule has 5 heteroatoms. The summed E-state index contributed by atoms with van der Waals surface area (Å²) in [6.45, 7) is 1.87. The Bertz CT molecular complexity index is 642. The molecule has 16 heavy (non-hydrogen) atoms. The minimum Gasteiger partial charge on any atom is -0.345 e. The number of hydrogen-bond donors (Lipinski definition) is 2. The Morgan fingerprint density at radius 3 is 2.88 bits per heavy atom. The first-order valence-electron chi connectivity index (χ1n) is 4.83. The molecule has 3 heterocycles. The summed E-state index contributed by atoms with van der Waals surface area (Å²) in [7, 11) is 0. The molecule has 0 aromatic carbocycles. The van der Waals surface area contributed by atoms with Crippen molar-refractivity contribution < 1.29 is 4.79 Å². The van der Waals surface area contributed by atoms with Gasteiger partial charge in [0.2, 0.25) is 0 Å². The average molecular weight is 278 g/mol. The largest absolute Gasteiger partial charge is 0.345 e. The number of amides is 1. The van der Waals surface area contributed by atoms with Gasteiger partial charge in [0.1, 0.15) is 5.65 Å². The van der Waals surface area contributed by atoms with E-state index in [0.717, 1.165) is 21.2 Å². The Kier molecular flexibility index (Phi) is 1.91. The molecule has 0 radical (unpaired) electrons. The second-order valence-electron chi connectivity index (χ2n) is 3.68. The van der Waals surface area contributed by atoms with E-state index >= 15 is 0 Å². The number of carbonyl (C=O) groups is 1. The quantitative estimate of drug-likeness (QED) is 0.840. The predicted molar refractivity (Wildman–Crippen MR) is 64.5 cm³/mol. The van der Waals surface area contributed by atoms with Crippen LogP contribution in [-0.2, 0) is 4.79 Å². The van der Waals surface area contributed by atoms with Crippen LogP contribution in [0.3, 0.4) is 0 Å². The number of allylic oxidation sites excluding steroid dienone is 1. The molecule has 4 nitrogen and oxygen atoms in total. The molecule has 0 fully saturated rings. The van der Waals surface area contributed by atoms with E-state index in [9.17, 15) is 4.79 Å². The topological polar surface area (TPSA) is 57.8 Å². The zero-order valence-electron chi connectivity index (χ0n) is 8.47. The third-order valence-electron chi connectivity index (χ3n) is 2.65. The standard InChI is InChI=1S/C11H8BrN3O/c1-5-9(11(16)14-5)8-3-2-6-7(12)4-13-10(6)15-8/h2-4H,1H3,(H,13,15)(H,14,16). The first kappa shape index (κ1) is 9.59. The highest BCUT2D eigenvalue weighted by atomic mass is 79.9. The van der Waals surface area contributed by atoms with Crippen molar-refractivity contribution in [1.29, 1.82) is 0 Å². The van der Waals surface area contributed by atoms with Crippen LogP contribution in [0, 0.1) is 0 Å². The summed E-state index contributed by atoms with van der Waals surface area (Å²) in [5, 5.41) is 3.70. The van der Waals surface area contributed by atoms with Gasteiger partial charge in [-0.1, -0.05) is 0 Å². The van der Waals surface area contributed by atoms with E-state index in [1.165, 1.54) is 0 Å². The Hall–Kier alpha value is -1.62. The number of carbonyl (C=O) groups excluding carboxylic acids is 1. The minimum atomic E-state index is -0.0602. The second kappa shape index (κ2) is 3.18. The van der Waals surface area contributed by atoms with E-state index in [1.54, 1.807) is 0 Å². The van der Waals surface area contributed by atoms with Crippen molar-refractivity contribution in [2.45, 2.75) is 6.92 Å². The first-order valence-corrected chi connectivity index (χ1v) is 5.62. The van der Waals surface area contributed by atoms with Crippen molar-refractivity contribution in [2.24, 2.45) is 0 Å². The molecule has 1 aliphatic rings. The fraction of sp³-hybridized carbons (Fsp3) is 0.0909. The molecule has 3 rings (SSSR count). The number of fused-ring (bicyclic) bond motifs is 1. The predicted octanol–water partition coefficient (Wildman–Crippen LogP) is 2.19. The van der Waals surface area contributed by atoms with Crippen molar-refractivity contribution in [3.8, 4) is 0 Å². The van der Waals surface area contributed by atoms with Crippen LogP contribution in [0.2, 0.25) is 0 Å². The summed E-state index contributed by atoms with van der Waals surface area (Å²) in [6, 6.07) is 3.81. The number of hydrogen-bond acceptors (Lipinski definition) is 2.